The Morgan fingerprint density at radius 1 is 0.938 bits per heavy atom. The van der Waals surface area contributed by atoms with Crippen LogP contribution in [-0.2, 0) is 13.3 Å². The third kappa shape index (κ3) is 8.09. The van der Waals surface area contributed by atoms with Crippen LogP contribution < -0.4 is 0 Å². The molecule has 0 fully saturated rings. The lowest BCUT2D eigenvalue weighted by atomic mass is 10.4. The first-order chi connectivity index (χ1) is 7.32. The van der Waals surface area contributed by atoms with Crippen LogP contribution in [0.4, 0.5) is 13.2 Å². The van der Waals surface area contributed by atoms with Crippen LogP contribution in [0.3, 0.4) is 0 Å². The minimum absolute atomic E-state index is 0.139. The second kappa shape index (κ2) is 8.05. The number of halogens is 3. The highest BCUT2D eigenvalue weighted by Gasteiger charge is 2.25. The Hall–Kier alpha value is -0.113. The molecule has 0 saturated heterocycles. The van der Waals surface area contributed by atoms with Crippen molar-refractivity contribution in [3.63, 3.8) is 0 Å². The maximum absolute atomic E-state index is 12.6. The summed E-state index contributed by atoms with van der Waals surface area (Å²) >= 11 is 0. The minimum Gasteiger partial charge on any atom is -0.373 e. The van der Waals surface area contributed by atoms with Gasteiger partial charge in [-0.05, 0) is 27.7 Å². The monoisotopic (exact) mass is 260 g/mol. The fraction of sp³-hybridized carbons (Fsp3) is 1.00. The maximum atomic E-state index is 12.6. The Morgan fingerprint density at radius 2 is 1.38 bits per heavy atom. The summed E-state index contributed by atoms with van der Waals surface area (Å²) < 4.78 is 51.8. The van der Waals surface area contributed by atoms with E-state index >= 15 is 0 Å². The molecule has 0 aromatic heterocycles. The van der Waals surface area contributed by atoms with Crippen molar-refractivity contribution in [2.45, 2.75) is 52.5 Å². The molecular formula is C9H19F3O3Si. The van der Waals surface area contributed by atoms with Crippen molar-refractivity contribution in [3.05, 3.63) is 0 Å². The van der Waals surface area contributed by atoms with Crippen LogP contribution in [0.5, 0.6) is 0 Å². The third-order valence-corrected chi connectivity index (χ3v) is 3.43. The van der Waals surface area contributed by atoms with Crippen LogP contribution in [0.25, 0.3) is 0 Å². The molecule has 1 unspecified atom stereocenters. The normalized spacial score (nSPS) is 14.4. The van der Waals surface area contributed by atoms with E-state index in [1.165, 1.54) is 0 Å². The highest BCUT2D eigenvalue weighted by molar-refractivity contribution is 6.36. The van der Waals surface area contributed by atoms with Gasteiger partial charge in [-0.25, -0.2) is 13.2 Å². The molecule has 16 heavy (non-hydrogen) atoms. The number of hydrogen-bond acceptors (Lipinski definition) is 3. The molecule has 0 bridgehead atoms. The van der Waals surface area contributed by atoms with E-state index in [1.54, 1.807) is 27.7 Å². The van der Waals surface area contributed by atoms with E-state index in [0.29, 0.717) is 0 Å². The highest BCUT2D eigenvalue weighted by Crippen LogP contribution is 2.08. The van der Waals surface area contributed by atoms with Crippen LogP contribution in [-0.4, -0.2) is 40.9 Å². The van der Waals surface area contributed by atoms with Gasteiger partial charge in [0.2, 0.25) is 0 Å². The Bertz CT molecular complexity index is 171. The predicted molar refractivity (Wildman–Crippen MR) is 56.4 cm³/mol. The minimum atomic E-state index is -3.03. The Kier molecular flexibility index (Phi) is 7.99. The van der Waals surface area contributed by atoms with Crippen molar-refractivity contribution in [1.29, 1.82) is 0 Å². The van der Waals surface area contributed by atoms with Crippen molar-refractivity contribution in [3.8, 4) is 0 Å². The highest BCUT2D eigenvalue weighted by atomic mass is 28.3. The van der Waals surface area contributed by atoms with E-state index in [0.717, 1.165) is 0 Å². The largest absolute Gasteiger partial charge is 0.484 e. The number of hydrogen-bond donors (Lipinski definition) is 0. The van der Waals surface area contributed by atoms with E-state index < -0.39 is 28.7 Å². The summed E-state index contributed by atoms with van der Waals surface area (Å²) in [7, 11) is -2.52. The molecule has 0 N–H and O–H groups in total. The Morgan fingerprint density at radius 3 is 1.69 bits per heavy atom. The SMILES string of the molecule is CC(C)O[SiH](OCC(F)C(F)F)OC(C)C. The summed E-state index contributed by atoms with van der Waals surface area (Å²) in [6.07, 6.45) is -5.60. The van der Waals surface area contributed by atoms with Crippen molar-refractivity contribution in [2.24, 2.45) is 0 Å². The Balaban J connectivity index is 4.00. The molecule has 0 spiro atoms. The van der Waals surface area contributed by atoms with Gasteiger partial charge < -0.3 is 13.3 Å². The second-order valence-corrected chi connectivity index (χ2v) is 5.30. The summed E-state index contributed by atoms with van der Waals surface area (Å²) in [5, 5.41) is 0. The third-order valence-electron chi connectivity index (χ3n) is 1.43. The van der Waals surface area contributed by atoms with Crippen molar-refractivity contribution in [2.75, 3.05) is 6.61 Å². The summed E-state index contributed by atoms with van der Waals surface area (Å²) in [6.45, 7) is 6.40. The summed E-state index contributed by atoms with van der Waals surface area (Å²) in [4.78, 5) is 0. The van der Waals surface area contributed by atoms with Crippen LogP contribution in [0.1, 0.15) is 27.7 Å². The molecule has 0 amide bonds. The molecular weight excluding hydrogens is 241 g/mol. The zero-order valence-electron chi connectivity index (χ0n) is 9.95. The van der Waals surface area contributed by atoms with Crippen LogP contribution in [0.2, 0.25) is 0 Å². The van der Waals surface area contributed by atoms with Gasteiger partial charge in [0.15, 0.2) is 6.17 Å². The first-order valence-electron chi connectivity index (χ1n) is 5.17. The van der Waals surface area contributed by atoms with Gasteiger partial charge >= 0.3 is 9.53 Å². The molecule has 0 aliphatic carbocycles. The molecule has 0 aromatic carbocycles. The summed E-state index contributed by atoms with van der Waals surface area (Å²) in [5.41, 5.74) is 0. The lowest BCUT2D eigenvalue weighted by molar-refractivity contribution is -0.00844. The molecule has 0 rings (SSSR count). The molecule has 3 nitrogen and oxygen atoms in total. The average Bonchev–Trinajstić information content (AvgIpc) is 2.11. The lowest BCUT2D eigenvalue weighted by Gasteiger charge is -2.21. The van der Waals surface area contributed by atoms with Gasteiger partial charge in [0.05, 0.1) is 6.61 Å². The summed E-state index contributed by atoms with van der Waals surface area (Å²) in [6, 6.07) is 0. The standard InChI is InChI=1S/C9H19F3O3Si/c1-6(2)14-16(15-7(3)4)13-5-8(10)9(11)12/h6-9,16H,5H2,1-4H3. The van der Waals surface area contributed by atoms with Gasteiger partial charge in [0.1, 0.15) is 0 Å². The van der Waals surface area contributed by atoms with Crippen molar-refractivity contribution >= 4 is 9.53 Å². The van der Waals surface area contributed by atoms with Gasteiger partial charge in [-0.3, -0.25) is 0 Å². The molecule has 98 valence electrons. The fourth-order valence-electron chi connectivity index (χ4n) is 0.798. The van der Waals surface area contributed by atoms with Gasteiger partial charge in [0, 0.05) is 12.2 Å². The van der Waals surface area contributed by atoms with Gasteiger partial charge in [-0.15, -0.1) is 0 Å². The Labute approximate surface area is 95.8 Å². The average molecular weight is 260 g/mol. The van der Waals surface area contributed by atoms with E-state index in [4.69, 9.17) is 13.3 Å². The van der Waals surface area contributed by atoms with E-state index in [1.807, 2.05) is 0 Å². The number of rotatable bonds is 8. The summed E-state index contributed by atoms with van der Waals surface area (Å²) in [5.74, 6) is 0. The first kappa shape index (κ1) is 15.9. The molecule has 0 saturated carbocycles. The second-order valence-electron chi connectivity index (χ2n) is 3.84. The van der Waals surface area contributed by atoms with Gasteiger partial charge in [-0.1, -0.05) is 0 Å². The van der Waals surface area contributed by atoms with E-state index in [-0.39, 0.29) is 12.2 Å². The maximum Gasteiger partial charge on any atom is 0.484 e. The number of alkyl halides is 3. The van der Waals surface area contributed by atoms with Crippen LogP contribution in [0, 0.1) is 0 Å². The molecule has 0 aliphatic heterocycles. The molecule has 7 heteroatoms. The van der Waals surface area contributed by atoms with Crippen LogP contribution >= 0.6 is 0 Å². The van der Waals surface area contributed by atoms with Gasteiger partial charge in [0.25, 0.3) is 6.43 Å². The lowest BCUT2D eigenvalue weighted by Crippen LogP contribution is -2.35. The smallest absolute Gasteiger partial charge is 0.373 e. The van der Waals surface area contributed by atoms with Crippen molar-refractivity contribution in [1.82, 2.24) is 0 Å². The molecule has 0 radical (unpaired) electrons. The predicted octanol–water partition coefficient (Wildman–Crippen LogP) is 2.17. The molecule has 1 atom stereocenters. The zero-order chi connectivity index (χ0) is 12.7. The quantitative estimate of drug-likeness (QED) is 0.626. The topological polar surface area (TPSA) is 27.7 Å². The first-order valence-corrected chi connectivity index (χ1v) is 6.59. The van der Waals surface area contributed by atoms with E-state index in [2.05, 4.69) is 0 Å². The molecule has 0 aliphatic rings. The van der Waals surface area contributed by atoms with E-state index in [9.17, 15) is 13.2 Å². The van der Waals surface area contributed by atoms with Crippen molar-refractivity contribution < 1.29 is 26.4 Å². The fourth-order valence-corrected chi connectivity index (χ4v) is 2.25. The zero-order valence-corrected chi connectivity index (χ0v) is 11.1. The van der Waals surface area contributed by atoms with Crippen LogP contribution in [0.15, 0.2) is 0 Å². The molecule has 0 aromatic rings. The van der Waals surface area contributed by atoms with Gasteiger partial charge in [-0.2, -0.15) is 0 Å². The molecule has 0 heterocycles.